The molecular formula is C29H34N2O6S. The van der Waals surface area contributed by atoms with Crippen molar-refractivity contribution in [2.24, 2.45) is 11.8 Å². The van der Waals surface area contributed by atoms with Gasteiger partial charge in [0.1, 0.15) is 22.8 Å². The summed E-state index contributed by atoms with van der Waals surface area (Å²) in [6, 6.07) is 11.7. The van der Waals surface area contributed by atoms with Crippen molar-refractivity contribution in [2.75, 3.05) is 12.4 Å². The van der Waals surface area contributed by atoms with Gasteiger partial charge in [0.15, 0.2) is 0 Å². The summed E-state index contributed by atoms with van der Waals surface area (Å²) in [6.07, 6.45) is 3.85. The van der Waals surface area contributed by atoms with Gasteiger partial charge in [0.25, 0.3) is 0 Å². The molecule has 0 spiro atoms. The molecule has 0 saturated heterocycles. The Morgan fingerprint density at radius 3 is 2.58 bits per heavy atom. The number of ether oxygens (including phenoxy) is 3. The number of rotatable bonds is 7. The van der Waals surface area contributed by atoms with Crippen LogP contribution in [0.4, 0.5) is 9.80 Å². The normalized spacial score (nSPS) is 18.1. The van der Waals surface area contributed by atoms with Gasteiger partial charge in [0.2, 0.25) is 0 Å². The third kappa shape index (κ3) is 6.51. The van der Waals surface area contributed by atoms with E-state index < -0.39 is 17.7 Å². The first-order chi connectivity index (χ1) is 18.1. The standard InChI is InChI=1S/C29H34N2O6S/c1-17(26(32)36-16-18-9-7-6-8-10-18)19-11-12-20(13-19)21-14-22-24(30-15-21)23(27(33)35-5)25(38-22)31-28(34)37-29(2,3)4/h6-10,14-15,17,19-20H,11-13,16H2,1-5H3,(H,31,34). The Morgan fingerprint density at radius 2 is 1.89 bits per heavy atom. The Labute approximate surface area is 226 Å². The van der Waals surface area contributed by atoms with Crippen LogP contribution in [0.15, 0.2) is 42.6 Å². The number of hydrogen-bond acceptors (Lipinski definition) is 8. The lowest BCUT2D eigenvalue weighted by molar-refractivity contribution is -0.151. The first-order valence-electron chi connectivity index (χ1n) is 12.8. The molecule has 1 aliphatic carbocycles. The molecule has 1 amide bonds. The zero-order valence-electron chi connectivity index (χ0n) is 22.4. The number of carbonyl (C=O) groups is 3. The number of carbonyl (C=O) groups excluding carboxylic acids is 3. The fourth-order valence-electron chi connectivity index (χ4n) is 4.82. The Kier molecular flexibility index (Phi) is 8.35. The number of amides is 1. The molecule has 0 bridgehead atoms. The molecule has 1 saturated carbocycles. The number of aromatic nitrogens is 1. The summed E-state index contributed by atoms with van der Waals surface area (Å²) in [4.78, 5) is 42.2. The molecule has 4 rings (SSSR count). The van der Waals surface area contributed by atoms with Crippen molar-refractivity contribution in [3.63, 3.8) is 0 Å². The molecule has 202 valence electrons. The lowest BCUT2D eigenvalue weighted by Crippen LogP contribution is -2.27. The first kappa shape index (κ1) is 27.6. The molecule has 3 aromatic rings. The van der Waals surface area contributed by atoms with Crippen LogP contribution in [0.1, 0.15) is 74.4 Å². The Balaban J connectivity index is 1.47. The number of fused-ring (bicyclic) bond motifs is 1. The van der Waals surface area contributed by atoms with Gasteiger partial charge in [-0.1, -0.05) is 37.3 Å². The molecule has 8 nitrogen and oxygen atoms in total. The van der Waals surface area contributed by atoms with Crippen LogP contribution in [0.25, 0.3) is 10.2 Å². The third-order valence-electron chi connectivity index (χ3n) is 6.80. The number of benzene rings is 1. The number of anilines is 1. The predicted molar refractivity (Wildman–Crippen MR) is 146 cm³/mol. The van der Waals surface area contributed by atoms with E-state index >= 15 is 0 Å². The van der Waals surface area contributed by atoms with Crippen LogP contribution in [-0.4, -0.2) is 35.7 Å². The minimum absolute atomic E-state index is 0.174. The van der Waals surface area contributed by atoms with Crippen molar-refractivity contribution in [2.45, 2.75) is 65.1 Å². The summed E-state index contributed by atoms with van der Waals surface area (Å²) >= 11 is 1.26. The lowest BCUT2D eigenvalue weighted by Gasteiger charge is -2.19. The van der Waals surface area contributed by atoms with E-state index in [2.05, 4.69) is 10.3 Å². The molecule has 1 N–H and O–H groups in total. The first-order valence-corrected chi connectivity index (χ1v) is 13.6. The molecule has 0 aliphatic heterocycles. The van der Waals surface area contributed by atoms with Crippen molar-refractivity contribution in [3.8, 4) is 0 Å². The van der Waals surface area contributed by atoms with Crippen LogP contribution in [-0.2, 0) is 25.6 Å². The van der Waals surface area contributed by atoms with Gasteiger partial charge in [0, 0.05) is 6.20 Å². The second-order valence-electron chi connectivity index (χ2n) is 10.7. The molecule has 3 unspecified atom stereocenters. The van der Waals surface area contributed by atoms with Crippen LogP contribution in [0, 0.1) is 11.8 Å². The molecule has 2 heterocycles. The number of thiophene rings is 1. The zero-order chi connectivity index (χ0) is 27.4. The average molecular weight is 539 g/mol. The van der Waals surface area contributed by atoms with Gasteiger partial charge in [-0.25, -0.2) is 9.59 Å². The van der Waals surface area contributed by atoms with Crippen molar-refractivity contribution in [1.82, 2.24) is 4.98 Å². The van der Waals surface area contributed by atoms with E-state index in [0.29, 0.717) is 10.5 Å². The smallest absolute Gasteiger partial charge is 0.412 e. The van der Waals surface area contributed by atoms with Crippen molar-refractivity contribution in [1.29, 1.82) is 0 Å². The average Bonchev–Trinajstić information content (AvgIpc) is 3.50. The maximum atomic E-state index is 12.7. The van der Waals surface area contributed by atoms with E-state index in [0.717, 1.165) is 35.1 Å². The highest BCUT2D eigenvalue weighted by Crippen LogP contribution is 2.44. The number of methoxy groups -OCH3 is 1. The predicted octanol–water partition coefficient (Wildman–Crippen LogP) is 6.69. The van der Waals surface area contributed by atoms with E-state index in [1.807, 2.05) is 43.3 Å². The number of esters is 2. The van der Waals surface area contributed by atoms with E-state index in [4.69, 9.17) is 14.2 Å². The zero-order valence-corrected chi connectivity index (χ0v) is 23.2. The lowest BCUT2D eigenvalue weighted by atomic mass is 9.90. The monoisotopic (exact) mass is 538 g/mol. The van der Waals surface area contributed by atoms with Crippen LogP contribution >= 0.6 is 11.3 Å². The van der Waals surface area contributed by atoms with Gasteiger partial charge in [0.05, 0.1) is 23.2 Å². The third-order valence-corrected chi connectivity index (χ3v) is 7.84. The molecule has 3 atom stereocenters. The van der Waals surface area contributed by atoms with E-state index in [-0.39, 0.29) is 35.9 Å². The molecule has 38 heavy (non-hydrogen) atoms. The van der Waals surface area contributed by atoms with E-state index in [1.165, 1.54) is 18.4 Å². The summed E-state index contributed by atoms with van der Waals surface area (Å²) in [5.41, 5.74) is 2.03. The number of pyridine rings is 1. The molecule has 1 fully saturated rings. The van der Waals surface area contributed by atoms with Crippen molar-refractivity contribution >= 4 is 44.6 Å². The fourth-order valence-corrected chi connectivity index (χ4v) is 5.90. The van der Waals surface area contributed by atoms with Gasteiger partial charge >= 0.3 is 18.0 Å². The van der Waals surface area contributed by atoms with Crippen LogP contribution < -0.4 is 5.32 Å². The maximum Gasteiger partial charge on any atom is 0.412 e. The summed E-state index contributed by atoms with van der Waals surface area (Å²) in [7, 11) is 1.29. The molecule has 1 aliphatic rings. The largest absolute Gasteiger partial charge is 0.465 e. The molecule has 2 aromatic heterocycles. The van der Waals surface area contributed by atoms with Crippen molar-refractivity contribution in [3.05, 3.63) is 59.3 Å². The summed E-state index contributed by atoms with van der Waals surface area (Å²) < 4.78 is 16.7. The van der Waals surface area contributed by atoms with Gasteiger partial charge < -0.3 is 14.2 Å². The Bertz CT molecular complexity index is 1310. The maximum absolute atomic E-state index is 12.7. The number of nitrogens with zero attached hydrogens (tertiary/aromatic N) is 1. The second-order valence-corrected chi connectivity index (χ2v) is 11.7. The molecular weight excluding hydrogens is 504 g/mol. The number of nitrogens with one attached hydrogen (secondary N) is 1. The second kappa shape index (κ2) is 11.5. The Morgan fingerprint density at radius 1 is 1.16 bits per heavy atom. The highest BCUT2D eigenvalue weighted by molar-refractivity contribution is 7.23. The highest BCUT2D eigenvalue weighted by Gasteiger charge is 2.34. The van der Waals surface area contributed by atoms with E-state index in [9.17, 15) is 14.4 Å². The molecule has 0 radical (unpaired) electrons. The molecule has 9 heteroatoms. The quantitative estimate of drug-likeness (QED) is 0.264. The van der Waals surface area contributed by atoms with Crippen LogP contribution in [0.2, 0.25) is 0 Å². The van der Waals surface area contributed by atoms with E-state index in [1.54, 1.807) is 27.0 Å². The minimum atomic E-state index is -0.679. The minimum Gasteiger partial charge on any atom is -0.465 e. The van der Waals surface area contributed by atoms with Crippen molar-refractivity contribution < 1.29 is 28.6 Å². The SMILES string of the molecule is COC(=O)c1c(NC(=O)OC(C)(C)C)sc2cc(C3CCC(C(C)C(=O)OCc4ccccc4)C3)cnc12. The van der Waals surface area contributed by atoms with Gasteiger partial charge in [-0.15, -0.1) is 11.3 Å². The fraction of sp³-hybridized carbons (Fsp3) is 0.448. The van der Waals surface area contributed by atoms with Gasteiger partial charge in [-0.2, -0.15) is 0 Å². The molecule has 1 aromatic carbocycles. The topological polar surface area (TPSA) is 104 Å². The highest BCUT2D eigenvalue weighted by atomic mass is 32.1. The van der Waals surface area contributed by atoms with Crippen LogP contribution in [0.5, 0.6) is 0 Å². The summed E-state index contributed by atoms with van der Waals surface area (Å²) in [5.74, 6) is -0.486. The van der Waals surface area contributed by atoms with Gasteiger partial charge in [-0.3, -0.25) is 15.1 Å². The summed E-state index contributed by atoms with van der Waals surface area (Å²) in [6.45, 7) is 7.53. The van der Waals surface area contributed by atoms with Gasteiger partial charge in [-0.05, 0) is 69.1 Å². The number of hydrogen-bond donors (Lipinski definition) is 1. The summed E-state index contributed by atoms with van der Waals surface area (Å²) in [5, 5.41) is 3.02. The van der Waals surface area contributed by atoms with Crippen LogP contribution in [0.3, 0.4) is 0 Å². The Hall–Kier alpha value is -3.46.